The molecule has 2 heterocycles. The van der Waals surface area contributed by atoms with Gasteiger partial charge in [-0.15, -0.1) is 0 Å². The molecular formula is C19H20FN3O5S. The first-order valence-corrected chi connectivity index (χ1v) is 10.5. The number of halogens is 1. The molecule has 1 N–H and O–H groups in total. The molecule has 8 nitrogen and oxygen atoms in total. The highest BCUT2D eigenvalue weighted by Crippen LogP contribution is 2.34. The van der Waals surface area contributed by atoms with Gasteiger partial charge in [-0.25, -0.2) is 4.39 Å². The van der Waals surface area contributed by atoms with Crippen molar-refractivity contribution in [1.29, 1.82) is 0 Å². The van der Waals surface area contributed by atoms with E-state index in [-0.39, 0.29) is 26.4 Å². The van der Waals surface area contributed by atoms with Crippen LogP contribution in [0.1, 0.15) is 12.0 Å². The van der Waals surface area contributed by atoms with Crippen molar-refractivity contribution < 1.29 is 27.1 Å². The Morgan fingerprint density at radius 3 is 2.69 bits per heavy atom. The van der Waals surface area contributed by atoms with Crippen molar-refractivity contribution in [2.75, 3.05) is 31.7 Å². The zero-order valence-electron chi connectivity index (χ0n) is 15.5. The number of nitrogens with zero attached hydrogens (tertiary/aromatic N) is 2. The van der Waals surface area contributed by atoms with Gasteiger partial charge in [0.1, 0.15) is 5.82 Å². The van der Waals surface area contributed by atoms with Crippen molar-refractivity contribution in [3.8, 4) is 11.5 Å². The zero-order valence-corrected chi connectivity index (χ0v) is 16.3. The fourth-order valence-corrected chi connectivity index (χ4v) is 4.95. The summed E-state index contributed by atoms with van der Waals surface area (Å²) in [5, 5.41) is 2.68. The lowest BCUT2D eigenvalue weighted by Gasteiger charge is -2.34. The predicted octanol–water partition coefficient (Wildman–Crippen LogP) is 1.95. The van der Waals surface area contributed by atoms with E-state index in [2.05, 4.69) is 5.32 Å². The molecule has 0 saturated carbocycles. The van der Waals surface area contributed by atoms with Crippen LogP contribution >= 0.6 is 0 Å². The minimum absolute atomic E-state index is 0.0559. The Morgan fingerprint density at radius 2 is 1.86 bits per heavy atom. The smallest absolute Gasteiger partial charge is 0.282 e. The molecule has 2 aliphatic heterocycles. The molecule has 0 atom stereocenters. The van der Waals surface area contributed by atoms with Gasteiger partial charge in [0.05, 0.1) is 6.54 Å². The molecule has 1 amide bonds. The lowest BCUT2D eigenvalue weighted by atomic mass is 10.2. The minimum atomic E-state index is -3.83. The van der Waals surface area contributed by atoms with Crippen LogP contribution in [-0.2, 0) is 21.5 Å². The van der Waals surface area contributed by atoms with Gasteiger partial charge in [-0.2, -0.15) is 17.0 Å². The zero-order chi connectivity index (χ0) is 20.4. The van der Waals surface area contributed by atoms with Crippen molar-refractivity contribution in [3.05, 3.63) is 53.8 Å². The molecule has 10 heteroatoms. The Balaban J connectivity index is 1.41. The molecule has 0 aliphatic carbocycles. The van der Waals surface area contributed by atoms with Gasteiger partial charge in [-0.1, -0.05) is 12.1 Å². The maximum absolute atomic E-state index is 13.4. The van der Waals surface area contributed by atoms with E-state index in [1.807, 2.05) is 0 Å². The summed E-state index contributed by atoms with van der Waals surface area (Å²) in [5.41, 5.74) is 1.05. The van der Waals surface area contributed by atoms with Crippen LogP contribution in [0, 0.1) is 5.82 Å². The van der Waals surface area contributed by atoms with E-state index in [0.717, 1.165) is 4.31 Å². The van der Waals surface area contributed by atoms with Crippen LogP contribution in [0.2, 0.25) is 0 Å². The average Bonchev–Trinajstić information content (AvgIpc) is 3.13. The molecule has 0 spiro atoms. The number of amides is 1. The van der Waals surface area contributed by atoms with Gasteiger partial charge in [0, 0.05) is 31.4 Å². The van der Waals surface area contributed by atoms with Crippen LogP contribution in [0.25, 0.3) is 0 Å². The van der Waals surface area contributed by atoms with Gasteiger partial charge in [-0.05, 0) is 36.2 Å². The van der Waals surface area contributed by atoms with Crippen LogP contribution in [-0.4, -0.2) is 49.4 Å². The van der Waals surface area contributed by atoms with Crippen LogP contribution in [0.15, 0.2) is 42.5 Å². The fourth-order valence-electron chi connectivity index (χ4n) is 3.31. The van der Waals surface area contributed by atoms with Crippen molar-refractivity contribution in [2.24, 2.45) is 0 Å². The number of ether oxygens (including phenoxy) is 2. The fraction of sp³-hybridized carbons (Fsp3) is 0.316. The number of carbonyl (C=O) groups is 1. The third kappa shape index (κ3) is 4.34. The molecular weight excluding hydrogens is 401 g/mol. The maximum atomic E-state index is 13.4. The molecule has 1 fully saturated rings. The number of carbonyl (C=O) groups excluding carboxylic acids is 1. The lowest BCUT2D eigenvalue weighted by molar-refractivity contribution is -0.116. The van der Waals surface area contributed by atoms with E-state index in [1.165, 1.54) is 22.5 Å². The summed E-state index contributed by atoms with van der Waals surface area (Å²) in [6.45, 7) is 0.437. The summed E-state index contributed by atoms with van der Waals surface area (Å²) in [6.07, 6.45) is 0.575. The Kier molecular flexibility index (Phi) is 5.39. The monoisotopic (exact) mass is 421 g/mol. The molecule has 0 bridgehead atoms. The van der Waals surface area contributed by atoms with E-state index >= 15 is 0 Å². The highest BCUT2D eigenvalue weighted by molar-refractivity contribution is 7.86. The van der Waals surface area contributed by atoms with Crippen LogP contribution in [0.5, 0.6) is 11.5 Å². The molecule has 2 aliphatic rings. The quantitative estimate of drug-likeness (QED) is 0.797. The largest absolute Gasteiger partial charge is 0.454 e. The number of nitrogens with one attached hydrogen (secondary N) is 1. The second-order valence-electron chi connectivity index (χ2n) is 6.77. The van der Waals surface area contributed by atoms with Crippen LogP contribution in [0.3, 0.4) is 0 Å². The van der Waals surface area contributed by atoms with Crippen molar-refractivity contribution in [2.45, 2.75) is 13.0 Å². The molecule has 154 valence electrons. The van der Waals surface area contributed by atoms with E-state index < -0.39 is 21.9 Å². The summed E-state index contributed by atoms with van der Waals surface area (Å²) < 4.78 is 52.1. The maximum Gasteiger partial charge on any atom is 0.282 e. The molecule has 0 unspecified atom stereocenters. The second-order valence-corrected chi connectivity index (χ2v) is 8.70. The van der Waals surface area contributed by atoms with E-state index in [9.17, 15) is 17.6 Å². The number of rotatable bonds is 5. The van der Waals surface area contributed by atoms with Gasteiger partial charge < -0.3 is 14.8 Å². The highest BCUT2D eigenvalue weighted by Gasteiger charge is 2.34. The first-order valence-electron chi connectivity index (χ1n) is 9.11. The van der Waals surface area contributed by atoms with Crippen LogP contribution in [0.4, 0.5) is 10.1 Å². The molecule has 0 aromatic heterocycles. The second kappa shape index (κ2) is 7.97. The number of fused-ring (bicyclic) bond motifs is 1. The highest BCUT2D eigenvalue weighted by atomic mass is 32.2. The Hall–Kier alpha value is -2.69. The van der Waals surface area contributed by atoms with E-state index in [4.69, 9.17) is 9.47 Å². The molecule has 4 rings (SSSR count). The molecule has 2 aromatic carbocycles. The van der Waals surface area contributed by atoms with Gasteiger partial charge in [0.15, 0.2) is 11.5 Å². The Bertz CT molecular complexity index is 1030. The first-order chi connectivity index (χ1) is 13.9. The Labute approximate surface area is 168 Å². The van der Waals surface area contributed by atoms with E-state index in [0.29, 0.717) is 35.7 Å². The molecule has 0 radical (unpaired) electrons. The summed E-state index contributed by atoms with van der Waals surface area (Å²) in [5.74, 6) is 0.237. The minimum Gasteiger partial charge on any atom is -0.454 e. The third-order valence-corrected chi connectivity index (χ3v) is 6.62. The predicted molar refractivity (Wildman–Crippen MR) is 103 cm³/mol. The van der Waals surface area contributed by atoms with Gasteiger partial charge in [0.25, 0.3) is 10.2 Å². The van der Waals surface area contributed by atoms with Gasteiger partial charge in [0.2, 0.25) is 12.7 Å². The van der Waals surface area contributed by atoms with Crippen molar-refractivity contribution >= 4 is 21.8 Å². The summed E-state index contributed by atoms with van der Waals surface area (Å²) >= 11 is 0. The third-order valence-electron chi connectivity index (χ3n) is 4.69. The molecule has 29 heavy (non-hydrogen) atoms. The summed E-state index contributed by atoms with van der Waals surface area (Å²) in [4.78, 5) is 12.4. The Morgan fingerprint density at radius 1 is 1.07 bits per heavy atom. The number of anilines is 1. The average molecular weight is 421 g/mol. The van der Waals surface area contributed by atoms with Gasteiger partial charge >= 0.3 is 0 Å². The molecule has 2 aromatic rings. The topological polar surface area (TPSA) is 88.2 Å². The number of benzene rings is 2. The van der Waals surface area contributed by atoms with Crippen molar-refractivity contribution in [1.82, 2.24) is 8.61 Å². The number of hydrogen-bond acceptors (Lipinski definition) is 5. The number of hydrogen-bond donors (Lipinski definition) is 1. The van der Waals surface area contributed by atoms with Gasteiger partial charge in [-0.3, -0.25) is 4.79 Å². The first kappa shape index (κ1) is 19.6. The van der Waals surface area contributed by atoms with E-state index in [1.54, 1.807) is 24.3 Å². The lowest BCUT2D eigenvalue weighted by Crippen LogP contribution is -2.51. The molecule has 1 saturated heterocycles. The normalized spacial score (nSPS) is 18.5. The SMILES string of the molecule is O=C(CN1CCCN(Cc2cccc(F)c2)S1(=O)=O)Nc1ccc2c(c1)OCO2. The summed E-state index contributed by atoms with van der Waals surface area (Å²) in [7, 11) is -3.83. The van der Waals surface area contributed by atoms with Crippen LogP contribution < -0.4 is 14.8 Å². The summed E-state index contributed by atoms with van der Waals surface area (Å²) in [6, 6.07) is 10.8. The van der Waals surface area contributed by atoms with Crippen molar-refractivity contribution in [3.63, 3.8) is 0 Å². The standard InChI is InChI=1S/C19H20FN3O5S/c20-15-4-1-3-14(9-15)11-22-7-2-8-23(29(22,25)26)12-19(24)21-16-5-6-17-18(10-16)28-13-27-17/h1,3-6,9-10H,2,7-8,11-13H2,(H,21,24).